The Labute approximate surface area is 61.8 Å². The van der Waals surface area contributed by atoms with E-state index in [0.29, 0.717) is 13.0 Å². The number of hydrogen-bond acceptors (Lipinski definition) is 2. The van der Waals surface area contributed by atoms with Gasteiger partial charge in [-0.25, -0.2) is 0 Å². The van der Waals surface area contributed by atoms with Crippen molar-refractivity contribution >= 4 is 5.91 Å². The molecule has 1 amide bonds. The van der Waals surface area contributed by atoms with Crippen LogP contribution in [-0.4, -0.2) is 19.5 Å². The molecular formula is C4H9N2ORh-. The number of amides is 1. The summed E-state index contributed by atoms with van der Waals surface area (Å²) in [5, 5.41) is 3.36. The monoisotopic (exact) mass is 204 g/mol. The molecule has 0 fully saturated rings. The molecule has 0 saturated heterocycles. The largest absolute Gasteiger partial charge is 0.656 e. The van der Waals surface area contributed by atoms with Crippen LogP contribution in [0, 0.1) is 0 Å². The summed E-state index contributed by atoms with van der Waals surface area (Å²) in [5.74, 6) is -0.123. The molecule has 0 aromatic carbocycles. The fourth-order valence-corrected chi connectivity index (χ4v) is 0.235. The van der Waals surface area contributed by atoms with Crippen molar-refractivity contribution in [1.29, 1.82) is 0 Å². The predicted molar refractivity (Wildman–Crippen MR) is 28.0 cm³/mol. The molecule has 0 bridgehead atoms. The summed E-state index contributed by atoms with van der Waals surface area (Å²) in [6, 6.07) is 0. The van der Waals surface area contributed by atoms with Gasteiger partial charge in [0.2, 0.25) is 0 Å². The van der Waals surface area contributed by atoms with E-state index in [9.17, 15) is 4.79 Å². The van der Waals surface area contributed by atoms with Gasteiger partial charge in [0.1, 0.15) is 0 Å². The van der Waals surface area contributed by atoms with E-state index in [2.05, 4.69) is 5.32 Å². The van der Waals surface area contributed by atoms with E-state index < -0.39 is 0 Å². The van der Waals surface area contributed by atoms with Gasteiger partial charge in [-0.2, -0.15) is 0 Å². The van der Waals surface area contributed by atoms with Crippen molar-refractivity contribution in [3.8, 4) is 0 Å². The zero-order valence-corrected chi connectivity index (χ0v) is 6.32. The Morgan fingerprint density at radius 2 is 2.25 bits per heavy atom. The van der Waals surface area contributed by atoms with E-state index >= 15 is 0 Å². The third-order valence-corrected chi connectivity index (χ3v) is 0.608. The maximum Gasteiger partial charge on any atom is 0.0522 e. The molecule has 0 aliphatic heterocycles. The first-order valence-corrected chi connectivity index (χ1v) is 2.14. The molecule has 0 aliphatic carbocycles. The summed E-state index contributed by atoms with van der Waals surface area (Å²) >= 11 is 0. The second kappa shape index (κ2) is 7.05. The molecule has 0 spiro atoms. The fourth-order valence-electron chi connectivity index (χ4n) is 0.235. The minimum atomic E-state index is -0.123. The molecule has 0 atom stereocenters. The smallest absolute Gasteiger partial charge is 0.0522 e. The van der Waals surface area contributed by atoms with Gasteiger partial charge in [-0.15, -0.1) is 7.05 Å². The van der Waals surface area contributed by atoms with Crippen LogP contribution in [0.1, 0.15) is 6.42 Å². The molecule has 1 radical (unpaired) electrons. The Bertz CT molecular complexity index is 67.1. The third kappa shape index (κ3) is 6.05. The number of nitrogens with two attached hydrogens (primary N) is 1. The van der Waals surface area contributed by atoms with E-state index in [1.54, 1.807) is 0 Å². The summed E-state index contributed by atoms with van der Waals surface area (Å²) in [5.41, 5.74) is 5.02. The van der Waals surface area contributed by atoms with Gasteiger partial charge < -0.3 is 15.8 Å². The van der Waals surface area contributed by atoms with Crippen molar-refractivity contribution in [3.05, 3.63) is 5.32 Å². The zero-order valence-electron chi connectivity index (χ0n) is 4.68. The van der Waals surface area contributed by atoms with Crippen LogP contribution in [0.5, 0.6) is 0 Å². The first kappa shape index (κ1) is 10.9. The molecule has 3 nitrogen and oxygen atoms in total. The Balaban J connectivity index is 0. The predicted octanol–water partition coefficient (Wildman–Crippen LogP) is -0.137. The van der Waals surface area contributed by atoms with Crippen molar-refractivity contribution in [2.75, 3.05) is 13.6 Å². The topological polar surface area (TPSA) is 57.2 Å². The molecule has 0 aromatic heterocycles. The third-order valence-electron chi connectivity index (χ3n) is 0.608. The van der Waals surface area contributed by atoms with Crippen LogP contribution in [0.15, 0.2) is 0 Å². The van der Waals surface area contributed by atoms with Gasteiger partial charge in [0.25, 0.3) is 0 Å². The molecule has 4 heteroatoms. The Hall–Kier alpha value is 0.0534. The van der Waals surface area contributed by atoms with Crippen molar-refractivity contribution in [3.63, 3.8) is 0 Å². The summed E-state index contributed by atoms with van der Waals surface area (Å²) in [4.78, 5) is 10.2. The average molecular weight is 204 g/mol. The Morgan fingerprint density at radius 1 is 1.75 bits per heavy atom. The van der Waals surface area contributed by atoms with Crippen LogP contribution in [0.2, 0.25) is 0 Å². The number of nitrogens with zero attached hydrogens (tertiary/aromatic N) is 1. The van der Waals surface area contributed by atoms with Crippen molar-refractivity contribution in [2.24, 2.45) is 5.73 Å². The van der Waals surface area contributed by atoms with Crippen LogP contribution < -0.4 is 5.73 Å². The van der Waals surface area contributed by atoms with Crippen molar-refractivity contribution < 1.29 is 24.3 Å². The van der Waals surface area contributed by atoms with Crippen LogP contribution in [0.25, 0.3) is 5.32 Å². The van der Waals surface area contributed by atoms with Gasteiger partial charge in [0.15, 0.2) is 0 Å². The molecule has 0 saturated carbocycles. The summed E-state index contributed by atoms with van der Waals surface area (Å²) < 4.78 is 0. The normalized spacial score (nSPS) is 7.25. The quantitative estimate of drug-likeness (QED) is 0.636. The van der Waals surface area contributed by atoms with Gasteiger partial charge in [0.05, 0.1) is 5.91 Å². The van der Waals surface area contributed by atoms with Crippen molar-refractivity contribution in [2.45, 2.75) is 6.42 Å². The van der Waals surface area contributed by atoms with Gasteiger partial charge in [-0.1, -0.05) is 0 Å². The van der Waals surface area contributed by atoms with Gasteiger partial charge >= 0.3 is 0 Å². The summed E-state index contributed by atoms with van der Waals surface area (Å²) in [6.45, 7) is 0.399. The first-order chi connectivity index (χ1) is 3.31. The number of carbonyl (C=O) groups excluding carboxylic acids is 1. The van der Waals surface area contributed by atoms with Crippen LogP contribution in [-0.2, 0) is 24.3 Å². The molecule has 0 aliphatic rings. The molecule has 0 rings (SSSR count). The SMILES string of the molecule is C[N-]C(=O)CCN.[Rh]. The Morgan fingerprint density at radius 3 is 2.38 bits per heavy atom. The number of rotatable bonds is 2. The van der Waals surface area contributed by atoms with E-state index in [4.69, 9.17) is 5.73 Å². The second-order valence-corrected chi connectivity index (χ2v) is 1.16. The van der Waals surface area contributed by atoms with Crippen LogP contribution in [0.4, 0.5) is 0 Å². The average Bonchev–Trinajstić information content (AvgIpc) is 1.68. The fraction of sp³-hybridized carbons (Fsp3) is 0.750. The van der Waals surface area contributed by atoms with Gasteiger partial charge in [-0.3, -0.25) is 0 Å². The van der Waals surface area contributed by atoms with E-state index in [0.717, 1.165) is 0 Å². The molecule has 0 aromatic rings. The maximum absolute atomic E-state index is 10.2. The van der Waals surface area contributed by atoms with Crippen LogP contribution >= 0.6 is 0 Å². The summed E-state index contributed by atoms with van der Waals surface area (Å²) in [6.07, 6.45) is 0.372. The maximum atomic E-state index is 10.2. The molecular weight excluding hydrogens is 195 g/mol. The molecule has 8 heavy (non-hydrogen) atoms. The molecule has 51 valence electrons. The van der Waals surface area contributed by atoms with Crippen molar-refractivity contribution in [1.82, 2.24) is 0 Å². The second-order valence-electron chi connectivity index (χ2n) is 1.16. The first-order valence-electron chi connectivity index (χ1n) is 2.14. The van der Waals surface area contributed by atoms with Crippen LogP contribution in [0.3, 0.4) is 0 Å². The zero-order chi connectivity index (χ0) is 5.70. The van der Waals surface area contributed by atoms with E-state index in [1.807, 2.05) is 0 Å². The standard InChI is InChI=1S/C4H10N2O.Rh/c1-6-4(7)2-3-5;/h2-3,5H2,1H3,(H,6,7);/p-1. The minimum Gasteiger partial charge on any atom is -0.656 e. The number of carbonyl (C=O) groups is 1. The minimum absolute atomic E-state index is 0. The van der Waals surface area contributed by atoms with E-state index in [1.165, 1.54) is 7.05 Å². The Kier molecular flexibility index (Phi) is 9.64. The van der Waals surface area contributed by atoms with Gasteiger partial charge in [-0.05, 0) is 6.54 Å². The number of hydrogen-bond donors (Lipinski definition) is 1. The summed E-state index contributed by atoms with van der Waals surface area (Å²) in [7, 11) is 1.47. The molecule has 0 heterocycles. The van der Waals surface area contributed by atoms with E-state index in [-0.39, 0.29) is 25.4 Å². The molecule has 2 N–H and O–H groups in total. The molecule has 0 unspecified atom stereocenters. The van der Waals surface area contributed by atoms with Gasteiger partial charge in [0, 0.05) is 25.9 Å².